The van der Waals surface area contributed by atoms with Crippen LogP contribution in [-0.4, -0.2) is 149 Å². The molecule has 0 atom stereocenters. The van der Waals surface area contributed by atoms with Crippen molar-refractivity contribution in [1.82, 2.24) is 0 Å². The zero-order chi connectivity index (χ0) is 32.9. The zero-order valence-electron chi connectivity index (χ0n) is 27.7. The summed E-state index contributed by atoms with van der Waals surface area (Å²) in [4.78, 5) is 0.130. The van der Waals surface area contributed by atoms with Gasteiger partial charge in [-0.15, -0.1) is 0 Å². The van der Waals surface area contributed by atoms with Crippen molar-refractivity contribution in [1.29, 1.82) is 0 Å². The maximum atomic E-state index is 12.1. The summed E-state index contributed by atoms with van der Waals surface area (Å²) in [5.74, 6) is 0. The molecule has 0 N–H and O–H groups in total. The van der Waals surface area contributed by atoms with Crippen molar-refractivity contribution in [2.45, 2.75) is 31.5 Å². The molecule has 264 valence electrons. The molecule has 0 aliphatic carbocycles. The van der Waals surface area contributed by atoms with E-state index in [4.69, 9.17) is 51.2 Å². The summed E-state index contributed by atoms with van der Waals surface area (Å²) in [7, 11) is -5.23. The third-order valence-electron chi connectivity index (χ3n) is 5.51. The van der Waals surface area contributed by atoms with E-state index in [0.717, 1.165) is 5.56 Å². The van der Waals surface area contributed by atoms with E-state index in [-0.39, 0.29) is 18.1 Å². The van der Waals surface area contributed by atoms with Gasteiger partial charge in [0.1, 0.15) is 0 Å². The Morgan fingerprint density at radius 2 is 0.711 bits per heavy atom. The van der Waals surface area contributed by atoms with Crippen LogP contribution in [0.15, 0.2) is 29.2 Å². The quantitative estimate of drug-likeness (QED) is 0.0611. The molecule has 1 aromatic carbocycles. The highest BCUT2D eigenvalue weighted by molar-refractivity contribution is 7.86. The molecule has 0 aromatic heterocycles. The van der Waals surface area contributed by atoms with Gasteiger partial charge >= 0.3 is 0 Å². The van der Waals surface area contributed by atoms with Crippen LogP contribution in [0.1, 0.15) is 5.56 Å². The van der Waals surface area contributed by atoms with Crippen LogP contribution in [0.4, 0.5) is 0 Å². The van der Waals surface area contributed by atoms with E-state index in [1.807, 2.05) is 6.92 Å². The van der Waals surface area contributed by atoms with Gasteiger partial charge in [-0.2, -0.15) is 8.42 Å². The minimum Gasteiger partial charge on any atom is -0.415 e. The average molecular weight is 685 g/mol. The van der Waals surface area contributed by atoms with E-state index in [9.17, 15) is 8.42 Å². The summed E-state index contributed by atoms with van der Waals surface area (Å²) in [6, 6.07) is 6.49. The molecular weight excluding hydrogens is 628 g/mol. The minimum atomic E-state index is -3.77. The number of rotatable bonds is 33. The van der Waals surface area contributed by atoms with E-state index < -0.39 is 18.4 Å². The maximum Gasteiger partial charge on any atom is 0.297 e. The number of hydrogen-bond donors (Lipinski definition) is 0. The van der Waals surface area contributed by atoms with Gasteiger partial charge in [0.25, 0.3) is 10.1 Å². The van der Waals surface area contributed by atoms with Crippen molar-refractivity contribution in [2.75, 3.05) is 132 Å². The lowest BCUT2D eigenvalue weighted by Gasteiger charge is -2.16. The van der Waals surface area contributed by atoms with E-state index in [1.54, 1.807) is 12.1 Å². The normalized spacial score (nSPS) is 12.3. The summed E-state index contributed by atoms with van der Waals surface area (Å²) < 4.78 is 83.8. The second-order valence-corrected chi connectivity index (χ2v) is 16.7. The molecule has 0 fully saturated rings. The minimum absolute atomic E-state index is 0.0571. The number of ether oxygens (including phenoxy) is 9. The maximum absolute atomic E-state index is 12.1. The number of aryl methyl sites for hydroxylation is 1. The van der Waals surface area contributed by atoms with Gasteiger partial charge in [-0.05, 0) is 38.7 Å². The summed E-state index contributed by atoms with van der Waals surface area (Å²) in [5, 5.41) is 0. The molecule has 0 aliphatic rings. The van der Waals surface area contributed by atoms with Crippen LogP contribution < -0.4 is 0 Å². The molecular formula is C30H56O13SSi. The molecule has 0 saturated carbocycles. The first kappa shape index (κ1) is 42.0. The van der Waals surface area contributed by atoms with E-state index in [0.29, 0.717) is 119 Å². The van der Waals surface area contributed by atoms with Gasteiger partial charge in [-0.25, -0.2) is 0 Å². The fraction of sp³-hybridized carbons (Fsp3) is 0.800. The third kappa shape index (κ3) is 27.7. The molecule has 0 spiro atoms. The first-order valence-electron chi connectivity index (χ1n) is 15.5. The van der Waals surface area contributed by atoms with Crippen LogP contribution in [0.3, 0.4) is 0 Å². The van der Waals surface area contributed by atoms with E-state index in [1.165, 1.54) is 12.1 Å². The topological polar surface area (TPSA) is 136 Å². The van der Waals surface area contributed by atoms with E-state index in [2.05, 4.69) is 19.6 Å². The highest BCUT2D eigenvalue weighted by atomic mass is 32.2. The van der Waals surface area contributed by atoms with Crippen LogP contribution in [-0.2, 0) is 61.4 Å². The highest BCUT2D eigenvalue weighted by Gasteiger charge is 2.14. The Morgan fingerprint density at radius 1 is 0.444 bits per heavy atom. The van der Waals surface area contributed by atoms with Gasteiger partial charge in [-0.3, -0.25) is 4.18 Å². The summed E-state index contributed by atoms with van der Waals surface area (Å²) in [6.07, 6.45) is 0. The SMILES string of the molecule is Cc1ccc(S(=O)(=O)OCCOCCOCCOCCOCCOCCOCCOCCOCCOCCO[Si](C)(C)C)cc1. The third-order valence-corrected chi connectivity index (χ3v) is 7.91. The predicted molar refractivity (Wildman–Crippen MR) is 171 cm³/mol. The molecule has 15 heteroatoms. The zero-order valence-corrected chi connectivity index (χ0v) is 29.5. The van der Waals surface area contributed by atoms with Gasteiger partial charge < -0.3 is 47.1 Å². The molecule has 0 bridgehead atoms. The Labute approximate surface area is 271 Å². The molecule has 0 heterocycles. The van der Waals surface area contributed by atoms with Gasteiger partial charge in [0, 0.05) is 0 Å². The predicted octanol–water partition coefficient (Wildman–Crippen LogP) is 2.70. The molecule has 1 aromatic rings. The molecule has 0 saturated heterocycles. The first-order chi connectivity index (χ1) is 21.7. The fourth-order valence-corrected chi connectivity index (χ4v) is 4.83. The van der Waals surface area contributed by atoms with Gasteiger partial charge in [0.2, 0.25) is 0 Å². The van der Waals surface area contributed by atoms with Crippen molar-refractivity contribution in [3.8, 4) is 0 Å². The monoisotopic (exact) mass is 684 g/mol. The fourth-order valence-electron chi connectivity index (χ4n) is 3.24. The van der Waals surface area contributed by atoms with Crippen LogP contribution >= 0.6 is 0 Å². The molecule has 45 heavy (non-hydrogen) atoms. The van der Waals surface area contributed by atoms with E-state index >= 15 is 0 Å². The smallest absolute Gasteiger partial charge is 0.297 e. The van der Waals surface area contributed by atoms with Crippen LogP contribution in [0.25, 0.3) is 0 Å². The van der Waals surface area contributed by atoms with Crippen molar-refractivity contribution in [3.05, 3.63) is 29.8 Å². The van der Waals surface area contributed by atoms with Gasteiger partial charge in [0.15, 0.2) is 8.32 Å². The second-order valence-electron chi connectivity index (χ2n) is 10.6. The summed E-state index contributed by atoms with van der Waals surface area (Å²) >= 11 is 0. The van der Waals surface area contributed by atoms with Gasteiger partial charge in [-0.1, -0.05) is 17.7 Å². The first-order valence-corrected chi connectivity index (χ1v) is 20.3. The molecule has 0 amide bonds. The van der Waals surface area contributed by atoms with Crippen molar-refractivity contribution >= 4 is 18.4 Å². The lowest BCUT2D eigenvalue weighted by Crippen LogP contribution is -2.27. The number of benzene rings is 1. The Hall–Kier alpha value is -1.05. The van der Waals surface area contributed by atoms with Crippen molar-refractivity contribution < 1.29 is 59.7 Å². The van der Waals surface area contributed by atoms with Crippen LogP contribution in [0.2, 0.25) is 19.6 Å². The second kappa shape index (κ2) is 28.0. The molecule has 0 unspecified atom stereocenters. The van der Waals surface area contributed by atoms with Crippen molar-refractivity contribution in [2.24, 2.45) is 0 Å². The van der Waals surface area contributed by atoms with Crippen molar-refractivity contribution in [3.63, 3.8) is 0 Å². The highest BCUT2D eigenvalue weighted by Crippen LogP contribution is 2.12. The Bertz CT molecular complexity index is 898. The standard InChI is InChI=1S/C30H56O13SSi/c1-29-5-7-30(8-6-29)44(31,32)42-27-25-40-23-21-38-19-17-36-15-13-34-11-9-33-10-12-35-14-16-37-18-20-39-22-24-41-26-28-43-45(2,3)4/h5-8H,9-28H2,1-4H3. The molecule has 1 rings (SSSR count). The average Bonchev–Trinajstić information content (AvgIpc) is 2.99. The molecule has 0 aliphatic heterocycles. The Balaban J connectivity index is 1.70. The van der Waals surface area contributed by atoms with Crippen LogP contribution in [0.5, 0.6) is 0 Å². The molecule has 0 radical (unpaired) electrons. The number of hydrogen-bond acceptors (Lipinski definition) is 13. The Morgan fingerprint density at radius 3 is 1.00 bits per heavy atom. The Kier molecular flexibility index (Phi) is 26.1. The lowest BCUT2D eigenvalue weighted by molar-refractivity contribution is -0.0257. The summed E-state index contributed by atoms with van der Waals surface area (Å²) in [6.45, 7) is 17.3. The van der Waals surface area contributed by atoms with Gasteiger partial charge in [0.05, 0.1) is 137 Å². The lowest BCUT2D eigenvalue weighted by atomic mass is 10.2. The largest absolute Gasteiger partial charge is 0.415 e. The molecule has 13 nitrogen and oxygen atoms in total. The summed E-state index contributed by atoms with van der Waals surface area (Å²) in [5.41, 5.74) is 0.976. The van der Waals surface area contributed by atoms with Crippen LogP contribution in [0, 0.1) is 6.92 Å².